The number of ether oxygens (including phenoxy) is 1. The summed E-state index contributed by atoms with van der Waals surface area (Å²) >= 11 is 17.7. The Kier molecular flexibility index (Phi) is 6.44. The molecule has 1 amide bonds. The zero-order valence-corrected chi connectivity index (χ0v) is 15.4. The second-order valence-corrected chi connectivity index (χ2v) is 6.28. The van der Waals surface area contributed by atoms with Crippen LogP contribution in [0.2, 0.25) is 15.1 Å². The molecule has 0 heterocycles. The van der Waals surface area contributed by atoms with Crippen LogP contribution in [0.15, 0.2) is 36.4 Å². The molecule has 0 aliphatic rings. The average Bonchev–Trinajstić information content (AvgIpc) is 2.53. The molecule has 0 spiro atoms. The predicted octanol–water partition coefficient (Wildman–Crippen LogP) is 6.33. The molecule has 0 aliphatic heterocycles. The van der Waals surface area contributed by atoms with Crippen LogP contribution < -0.4 is 10.1 Å². The Hall–Kier alpha value is -1.89. The van der Waals surface area contributed by atoms with Crippen molar-refractivity contribution in [2.75, 3.05) is 12.4 Å². The lowest BCUT2D eigenvalue weighted by molar-refractivity contribution is -0.137. The Morgan fingerprint density at radius 3 is 2.42 bits per heavy atom. The topological polar surface area (TPSA) is 38.3 Å². The van der Waals surface area contributed by atoms with Crippen molar-refractivity contribution >= 4 is 52.5 Å². The summed E-state index contributed by atoms with van der Waals surface area (Å²) in [6, 6.07) is 5.64. The molecule has 3 nitrogen and oxygen atoms in total. The molecular weight excluding hydrogens is 414 g/mol. The summed E-state index contributed by atoms with van der Waals surface area (Å²) in [5.41, 5.74) is -0.660. The van der Waals surface area contributed by atoms with E-state index >= 15 is 0 Å². The van der Waals surface area contributed by atoms with Crippen molar-refractivity contribution in [3.8, 4) is 5.75 Å². The van der Waals surface area contributed by atoms with Crippen molar-refractivity contribution in [1.29, 1.82) is 0 Å². The first-order chi connectivity index (χ1) is 12.1. The molecule has 1 N–H and O–H groups in total. The number of carbonyl (C=O) groups is 1. The lowest BCUT2D eigenvalue weighted by Gasteiger charge is -2.11. The van der Waals surface area contributed by atoms with Gasteiger partial charge in [0, 0.05) is 16.7 Å². The minimum atomic E-state index is -4.55. The number of halogens is 6. The van der Waals surface area contributed by atoms with Gasteiger partial charge in [0.1, 0.15) is 5.75 Å². The van der Waals surface area contributed by atoms with Gasteiger partial charge < -0.3 is 10.1 Å². The molecule has 0 radical (unpaired) electrons. The van der Waals surface area contributed by atoms with Gasteiger partial charge in [0.15, 0.2) is 0 Å². The third-order valence-electron chi connectivity index (χ3n) is 3.21. The fourth-order valence-corrected chi connectivity index (χ4v) is 2.81. The van der Waals surface area contributed by atoms with Crippen molar-refractivity contribution in [2.24, 2.45) is 0 Å². The number of benzene rings is 2. The van der Waals surface area contributed by atoms with E-state index in [2.05, 4.69) is 5.32 Å². The highest BCUT2D eigenvalue weighted by molar-refractivity contribution is 6.36. The van der Waals surface area contributed by atoms with Crippen molar-refractivity contribution in [1.82, 2.24) is 0 Å². The van der Waals surface area contributed by atoms with Crippen LogP contribution in [0.1, 0.15) is 11.1 Å². The Morgan fingerprint density at radius 2 is 1.81 bits per heavy atom. The number of anilines is 1. The zero-order chi connectivity index (χ0) is 19.5. The number of hydrogen-bond donors (Lipinski definition) is 1. The van der Waals surface area contributed by atoms with Gasteiger partial charge >= 0.3 is 6.18 Å². The zero-order valence-electron chi connectivity index (χ0n) is 13.1. The van der Waals surface area contributed by atoms with Crippen molar-refractivity contribution in [2.45, 2.75) is 6.18 Å². The van der Waals surface area contributed by atoms with E-state index in [1.165, 1.54) is 25.3 Å². The second-order valence-electron chi connectivity index (χ2n) is 5.03. The SMILES string of the molecule is COc1c(Cl)cc(Cl)cc1/C=C/C(=O)Nc1cc(C(F)(F)F)ccc1Cl. The summed E-state index contributed by atoms with van der Waals surface area (Å²) in [4.78, 5) is 12.0. The van der Waals surface area contributed by atoms with Crippen LogP contribution in [0.3, 0.4) is 0 Å². The van der Waals surface area contributed by atoms with Crippen molar-refractivity contribution < 1.29 is 22.7 Å². The lowest BCUT2D eigenvalue weighted by atomic mass is 10.1. The summed E-state index contributed by atoms with van der Waals surface area (Å²) in [6.45, 7) is 0. The summed E-state index contributed by atoms with van der Waals surface area (Å²) in [7, 11) is 1.40. The van der Waals surface area contributed by atoms with Crippen LogP contribution in [-0.2, 0) is 11.0 Å². The van der Waals surface area contributed by atoms with Gasteiger partial charge in [-0.15, -0.1) is 0 Å². The summed E-state index contributed by atoms with van der Waals surface area (Å²) < 4.78 is 43.4. The number of methoxy groups -OCH3 is 1. The molecule has 2 aromatic rings. The third-order valence-corrected chi connectivity index (χ3v) is 4.04. The van der Waals surface area contributed by atoms with Crippen molar-refractivity contribution in [3.63, 3.8) is 0 Å². The highest BCUT2D eigenvalue weighted by Crippen LogP contribution is 2.34. The maximum absolute atomic E-state index is 12.8. The molecule has 0 fully saturated rings. The average molecular weight is 425 g/mol. The quantitative estimate of drug-likeness (QED) is 0.583. The van der Waals surface area contributed by atoms with Crippen LogP contribution in [0.5, 0.6) is 5.75 Å². The minimum Gasteiger partial charge on any atom is -0.495 e. The Morgan fingerprint density at radius 1 is 1.12 bits per heavy atom. The third kappa shape index (κ3) is 5.06. The Bertz CT molecular complexity index is 867. The molecule has 0 aromatic heterocycles. The van der Waals surface area contributed by atoms with Crippen LogP contribution >= 0.6 is 34.8 Å². The van der Waals surface area contributed by atoms with Crippen molar-refractivity contribution in [3.05, 3.63) is 62.6 Å². The fraction of sp³-hybridized carbons (Fsp3) is 0.118. The molecule has 0 bridgehead atoms. The smallest absolute Gasteiger partial charge is 0.416 e. The van der Waals surface area contributed by atoms with E-state index < -0.39 is 17.6 Å². The van der Waals surface area contributed by atoms with E-state index in [4.69, 9.17) is 39.5 Å². The van der Waals surface area contributed by atoms with Gasteiger partial charge in [-0.25, -0.2) is 0 Å². The maximum atomic E-state index is 12.8. The normalized spacial score (nSPS) is 11.7. The highest BCUT2D eigenvalue weighted by Gasteiger charge is 2.31. The van der Waals surface area contributed by atoms with Gasteiger partial charge in [-0.3, -0.25) is 4.79 Å². The second kappa shape index (κ2) is 8.20. The molecule has 26 heavy (non-hydrogen) atoms. The van der Waals surface area contributed by atoms with Gasteiger partial charge in [0.25, 0.3) is 0 Å². The Balaban J connectivity index is 2.24. The number of hydrogen-bond acceptors (Lipinski definition) is 2. The molecule has 9 heteroatoms. The van der Waals surface area contributed by atoms with E-state index in [0.29, 0.717) is 16.3 Å². The number of nitrogens with one attached hydrogen (secondary N) is 1. The molecule has 0 saturated heterocycles. The molecular formula is C17H11Cl3F3NO2. The first-order valence-electron chi connectivity index (χ1n) is 7.00. The fourth-order valence-electron chi connectivity index (χ4n) is 2.06. The predicted molar refractivity (Wildman–Crippen MR) is 97.1 cm³/mol. The van der Waals surface area contributed by atoms with E-state index in [0.717, 1.165) is 24.3 Å². The highest BCUT2D eigenvalue weighted by atomic mass is 35.5. The first-order valence-corrected chi connectivity index (χ1v) is 8.14. The molecule has 0 unspecified atom stereocenters. The summed E-state index contributed by atoms with van der Waals surface area (Å²) in [6.07, 6.45) is -2.08. The summed E-state index contributed by atoms with van der Waals surface area (Å²) in [5, 5.41) is 2.85. The first kappa shape index (κ1) is 20.4. The van der Waals surface area contributed by atoms with Gasteiger partial charge in [0.05, 0.1) is 28.4 Å². The Labute approximate surface area is 162 Å². The standard InChI is InChI=1S/C17H11Cl3F3NO2/c1-26-16-9(6-11(18)8-13(16)20)2-5-15(25)24-14-7-10(17(21,22)23)3-4-12(14)19/h2-8H,1H3,(H,24,25)/b5-2+. The van der Waals surface area contributed by atoms with E-state index in [9.17, 15) is 18.0 Å². The van der Waals surface area contributed by atoms with Gasteiger partial charge in [-0.2, -0.15) is 13.2 Å². The molecule has 0 saturated carbocycles. The molecule has 2 aromatic carbocycles. The maximum Gasteiger partial charge on any atom is 0.416 e. The van der Waals surface area contributed by atoms with Gasteiger partial charge in [0.2, 0.25) is 5.91 Å². The largest absolute Gasteiger partial charge is 0.495 e. The van der Waals surface area contributed by atoms with Crippen LogP contribution in [0.25, 0.3) is 6.08 Å². The van der Waals surface area contributed by atoms with Gasteiger partial charge in [-0.1, -0.05) is 34.8 Å². The van der Waals surface area contributed by atoms with Gasteiger partial charge in [-0.05, 0) is 36.4 Å². The van der Waals surface area contributed by atoms with E-state index in [-0.39, 0.29) is 15.7 Å². The molecule has 0 atom stereocenters. The lowest BCUT2D eigenvalue weighted by Crippen LogP contribution is -2.11. The van der Waals surface area contributed by atoms with Crippen LogP contribution in [0.4, 0.5) is 18.9 Å². The van der Waals surface area contributed by atoms with E-state index in [1.54, 1.807) is 0 Å². The van der Waals surface area contributed by atoms with E-state index in [1.807, 2.05) is 0 Å². The molecule has 0 aliphatic carbocycles. The summed E-state index contributed by atoms with van der Waals surface area (Å²) in [5.74, 6) is -0.387. The van der Waals surface area contributed by atoms with Crippen LogP contribution in [-0.4, -0.2) is 13.0 Å². The molecule has 2 rings (SSSR count). The minimum absolute atomic E-state index is 0.0249. The number of rotatable bonds is 4. The number of alkyl halides is 3. The number of carbonyl (C=O) groups excluding carboxylic acids is 1. The molecule has 138 valence electrons. The monoisotopic (exact) mass is 423 g/mol. The van der Waals surface area contributed by atoms with Crippen LogP contribution in [0, 0.1) is 0 Å². The number of amides is 1.